The van der Waals surface area contributed by atoms with Crippen LogP contribution in [0.2, 0.25) is 0 Å². The Balaban J connectivity index is 2.72. The Morgan fingerprint density at radius 1 is 1.50 bits per heavy atom. The second kappa shape index (κ2) is 3.21. The van der Waals surface area contributed by atoms with Crippen molar-refractivity contribution in [2.45, 2.75) is 26.7 Å². The molecule has 0 saturated heterocycles. The van der Waals surface area contributed by atoms with Gasteiger partial charge in [0.15, 0.2) is 0 Å². The molecule has 0 radical (unpaired) electrons. The molecule has 12 heavy (non-hydrogen) atoms. The number of rotatable bonds is 3. The van der Waals surface area contributed by atoms with Crippen LogP contribution in [0.3, 0.4) is 0 Å². The first-order valence-corrected chi connectivity index (χ1v) is 4.84. The maximum Gasteiger partial charge on any atom is 0.103 e. The minimum Gasteiger partial charge on any atom is -0.396 e. The predicted molar refractivity (Wildman–Crippen MR) is 52.3 cm³/mol. The zero-order valence-electron chi connectivity index (χ0n) is 7.40. The highest BCUT2D eigenvalue weighted by atomic mass is 35.5. The zero-order chi connectivity index (χ0) is 9.41. The van der Waals surface area contributed by atoms with Gasteiger partial charge in [-0.25, -0.2) is 0 Å². The van der Waals surface area contributed by atoms with E-state index >= 15 is 0 Å². The maximum absolute atomic E-state index is 8.87. The summed E-state index contributed by atoms with van der Waals surface area (Å²) in [5.41, 5.74) is 0.283. The zero-order valence-corrected chi connectivity index (χ0v) is 8.91. The fraction of sp³-hybridized carbons (Fsp3) is 0.778. The second-order valence-corrected chi connectivity index (χ2v) is 5.13. The Hall–Kier alpha value is 0.280. The van der Waals surface area contributed by atoms with E-state index in [-0.39, 0.29) is 17.4 Å². The van der Waals surface area contributed by atoms with Gasteiger partial charge in [-0.2, -0.15) is 0 Å². The topological polar surface area (TPSA) is 20.2 Å². The van der Waals surface area contributed by atoms with Crippen molar-refractivity contribution in [3.05, 3.63) is 10.6 Å². The van der Waals surface area contributed by atoms with Gasteiger partial charge in [-0.15, -0.1) is 0 Å². The summed E-state index contributed by atoms with van der Waals surface area (Å²) in [5.74, 6) is 0. The van der Waals surface area contributed by atoms with Gasteiger partial charge in [-0.1, -0.05) is 37.0 Å². The van der Waals surface area contributed by atoms with Crippen molar-refractivity contribution in [1.82, 2.24) is 0 Å². The summed E-state index contributed by atoms with van der Waals surface area (Å²) in [5, 5.41) is 8.87. The standard InChI is InChI=1S/C9H14Cl2O/c1-8(2)6-9(8,3-4-12)5-7(10)11/h5,12H,3-4,6H2,1-2H3. The Labute approximate surface area is 83.4 Å². The highest BCUT2D eigenvalue weighted by molar-refractivity contribution is 6.55. The van der Waals surface area contributed by atoms with Crippen LogP contribution in [0, 0.1) is 10.8 Å². The molecule has 0 aromatic heterocycles. The van der Waals surface area contributed by atoms with E-state index in [2.05, 4.69) is 13.8 Å². The molecule has 0 spiro atoms. The van der Waals surface area contributed by atoms with E-state index in [9.17, 15) is 0 Å². The maximum atomic E-state index is 8.87. The molecule has 0 amide bonds. The van der Waals surface area contributed by atoms with Crippen LogP contribution in [-0.4, -0.2) is 11.7 Å². The largest absolute Gasteiger partial charge is 0.396 e. The van der Waals surface area contributed by atoms with Crippen LogP contribution >= 0.6 is 23.2 Å². The molecular formula is C9H14Cl2O. The van der Waals surface area contributed by atoms with Crippen LogP contribution in [-0.2, 0) is 0 Å². The quantitative estimate of drug-likeness (QED) is 0.757. The van der Waals surface area contributed by atoms with Crippen molar-refractivity contribution in [3.63, 3.8) is 0 Å². The lowest BCUT2D eigenvalue weighted by Gasteiger charge is -2.14. The van der Waals surface area contributed by atoms with Gasteiger partial charge in [0.25, 0.3) is 0 Å². The van der Waals surface area contributed by atoms with Gasteiger partial charge in [0, 0.05) is 6.61 Å². The van der Waals surface area contributed by atoms with Crippen LogP contribution in [0.25, 0.3) is 0 Å². The van der Waals surface area contributed by atoms with E-state index in [0.717, 1.165) is 12.8 Å². The van der Waals surface area contributed by atoms with Crippen molar-refractivity contribution in [2.24, 2.45) is 10.8 Å². The van der Waals surface area contributed by atoms with Crippen LogP contribution in [0.1, 0.15) is 26.7 Å². The lowest BCUT2D eigenvalue weighted by atomic mass is 9.93. The van der Waals surface area contributed by atoms with Crippen LogP contribution < -0.4 is 0 Å². The minimum absolute atomic E-state index is 0.0422. The van der Waals surface area contributed by atoms with E-state index in [1.165, 1.54) is 0 Å². The Morgan fingerprint density at radius 2 is 2.00 bits per heavy atom. The lowest BCUT2D eigenvalue weighted by Crippen LogP contribution is -2.08. The molecule has 1 aliphatic rings. The van der Waals surface area contributed by atoms with Gasteiger partial charge in [0.1, 0.15) is 4.49 Å². The van der Waals surface area contributed by atoms with Crippen molar-refractivity contribution >= 4 is 23.2 Å². The summed E-state index contributed by atoms with van der Waals surface area (Å²) in [7, 11) is 0. The van der Waals surface area contributed by atoms with Gasteiger partial charge in [0.2, 0.25) is 0 Å². The average molecular weight is 209 g/mol. The van der Waals surface area contributed by atoms with Gasteiger partial charge >= 0.3 is 0 Å². The minimum atomic E-state index is 0.0422. The SMILES string of the molecule is CC1(C)CC1(C=C(Cl)Cl)CCO. The molecule has 0 bridgehead atoms. The molecule has 1 rings (SSSR count). The van der Waals surface area contributed by atoms with Crippen molar-refractivity contribution < 1.29 is 5.11 Å². The van der Waals surface area contributed by atoms with E-state index in [1.54, 1.807) is 0 Å². The number of hydrogen-bond acceptors (Lipinski definition) is 1. The summed E-state index contributed by atoms with van der Waals surface area (Å²) in [4.78, 5) is 0. The molecule has 1 unspecified atom stereocenters. The first-order valence-electron chi connectivity index (χ1n) is 4.08. The molecule has 0 aromatic rings. The average Bonchev–Trinajstić information content (AvgIpc) is 2.31. The highest BCUT2D eigenvalue weighted by Crippen LogP contribution is 2.66. The molecule has 1 saturated carbocycles. The monoisotopic (exact) mass is 208 g/mol. The number of aliphatic hydroxyl groups excluding tert-OH is 1. The smallest absolute Gasteiger partial charge is 0.103 e. The Kier molecular flexibility index (Phi) is 2.77. The van der Waals surface area contributed by atoms with E-state index in [1.807, 2.05) is 6.08 Å². The Morgan fingerprint density at radius 3 is 2.25 bits per heavy atom. The van der Waals surface area contributed by atoms with Gasteiger partial charge in [0.05, 0.1) is 0 Å². The van der Waals surface area contributed by atoms with E-state index in [4.69, 9.17) is 28.3 Å². The first-order chi connectivity index (χ1) is 5.43. The third-order valence-corrected chi connectivity index (χ3v) is 3.14. The number of halogens is 2. The van der Waals surface area contributed by atoms with Crippen molar-refractivity contribution in [1.29, 1.82) is 0 Å². The number of aliphatic hydroxyl groups is 1. The van der Waals surface area contributed by atoms with Gasteiger partial charge in [-0.05, 0) is 29.7 Å². The highest BCUT2D eigenvalue weighted by Gasteiger charge is 2.58. The van der Waals surface area contributed by atoms with Crippen LogP contribution in [0.15, 0.2) is 10.6 Å². The first kappa shape index (κ1) is 10.4. The molecular weight excluding hydrogens is 195 g/mol. The van der Waals surface area contributed by atoms with E-state index < -0.39 is 0 Å². The summed E-state index contributed by atoms with van der Waals surface area (Å²) in [6.45, 7) is 4.52. The normalized spacial score (nSPS) is 31.4. The second-order valence-electron chi connectivity index (χ2n) is 4.12. The molecule has 0 heterocycles. The van der Waals surface area contributed by atoms with Gasteiger partial charge < -0.3 is 5.11 Å². The van der Waals surface area contributed by atoms with Crippen molar-refractivity contribution in [3.8, 4) is 0 Å². The van der Waals surface area contributed by atoms with Crippen LogP contribution in [0.4, 0.5) is 0 Å². The summed E-state index contributed by atoms with van der Waals surface area (Å²) < 4.78 is 0.314. The fourth-order valence-corrected chi connectivity index (χ4v) is 2.32. The van der Waals surface area contributed by atoms with Crippen molar-refractivity contribution in [2.75, 3.05) is 6.61 Å². The molecule has 0 aliphatic heterocycles. The Bertz CT molecular complexity index is 207. The van der Waals surface area contributed by atoms with E-state index in [0.29, 0.717) is 4.49 Å². The molecule has 70 valence electrons. The lowest BCUT2D eigenvalue weighted by molar-refractivity contribution is 0.249. The molecule has 1 nitrogen and oxygen atoms in total. The summed E-state index contributed by atoms with van der Waals surface area (Å²) in [6, 6.07) is 0. The third-order valence-electron chi connectivity index (χ3n) is 2.92. The van der Waals surface area contributed by atoms with Gasteiger partial charge in [-0.3, -0.25) is 0 Å². The third kappa shape index (κ3) is 1.78. The molecule has 1 aliphatic carbocycles. The van der Waals surface area contributed by atoms with Crippen LogP contribution in [0.5, 0.6) is 0 Å². The molecule has 0 aromatic carbocycles. The number of allylic oxidation sites excluding steroid dienone is 1. The summed E-state index contributed by atoms with van der Waals surface area (Å²) >= 11 is 11.2. The number of hydrogen-bond donors (Lipinski definition) is 1. The molecule has 1 fully saturated rings. The predicted octanol–water partition coefficient (Wildman–Crippen LogP) is 3.10. The fourth-order valence-electron chi connectivity index (χ4n) is 1.90. The molecule has 1 N–H and O–H groups in total. The molecule has 3 heteroatoms. The molecule has 1 atom stereocenters. The summed E-state index contributed by atoms with van der Waals surface area (Å²) in [6.07, 6.45) is 3.68.